The van der Waals surface area contributed by atoms with Crippen LogP contribution in [0.4, 0.5) is 0 Å². The topological polar surface area (TPSA) is 69.6 Å². The number of carboxylic acid groups (broad SMARTS) is 1. The van der Waals surface area contributed by atoms with Crippen molar-refractivity contribution >= 4 is 11.9 Å². The van der Waals surface area contributed by atoms with Crippen molar-refractivity contribution in [3.05, 3.63) is 0 Å². The van der Waals surface area contributed by atoms with Gasteiger partial charge in [-0.1, -0.05) is 19.3 Å². The molecule has 0 aromatic rings. The van der Waals surface area contributed by atoms with Crippen LogP contribution in [0.1, 0.15) is 45.4 Å². The van der Waals surface area contributed by atoms with Crippen molar-refractivity contribution in [1.29, 1.82) is 0 Å². The van der Waals surface area contributed by atoms with E-state index in [1.807, 2.05) is 7.05 Å². The Balaban J connectivity index is 2.64. The van der Waals surface area contributed by atoms with Crippen LogP contribution in [0.15, 0.2) is 0 Å². The largest absolute Gasteiger partial charge is 0.480 e. The average molecular weight is 256 g/mol. The molecule has 1 fully saturated rings. The second-order valence-corrected chi connectivity index (χ2v) is 5.29. The molecule has 5 heteroatoms. The lowest BCUT2D eigenvalue weighted by atomic mass is 9.79. The Labute approximate surface area is 109 Å². The van der Waals surface area contributed by atoms with Crippen LogP contribution in [0, 0.1) is 0 Å². The Morgan fingerprint density at radius 3 is 2.33 bits per heavy atom. The summed E-state index contributed by atoms with van der Waals surface area (Å²) in [5.41, 5.74) is -0.137. The fourth-order valence-corrected chi connectivity index (χ4v) is 2.54. The van der Waals surface area contributed by atoms with Crippen molar-refractivity contribution in [3.8, 4) is 0 Å². The van der Waals surface area contributed by atoms with Crippen LogP contribution >= 0.6 is 0 Å². The van der Waals surface area contributed by atoms with Gasteiger partial charge in [-0.25, -0.2) is 4.79 Å². The first-order valence-corrected chi connectivity index (χ1v) is 6.59. The van der Waals surface area contributed by atoms with E-state index >= 15 is 0 Å². The van der Waals surface area contributed by atoms with E-state index in [0.29, 0.717) is 6.42 Å². The maximum atomic E-state index is 12.1. The predicted molar refractivity (Wildman–Crippen MR) is 69.4 cm³/mol. The number of likely N-dealkylation sites (N-methyl/N-ethyl adjacent to an activating group) is 1. The Morgan fingerprint density at radius 1 is 1.33 bits per heavy atom. The van der Waals surface area contributed by atoms with Gasteiger partial charge in [0.2, 0.25) is 5.91 Å². The molecular formula is C13H24N2O3. The number of amides is 1. The summed E-state index contributed by atoms with van der Waals surface area (Å²) >= 11 is 0. The van der Waals surface area contributed by atoms with E-state index in [1.54, 1.807) is 7.05 Å². The number of carbonyl (C=O) groups excluding carboxylic acids is 1. The van der Waals surface area contributed by atoms with Crippen molar-refractivity contribution in [2.24, 2.45) is 0 Å². The predicted octanol–water partition coefficient (Wildman–Crippen LogP) is 1.23. The number of nitrogens with zero attached hydrogens (tertiary/aromatic N) is 1. The molecule has 1 saturated carbocycles. The minimum absolute atomic E-state index is 0.0962. The second kappa shape index (κ2) is 6.18. The minimum atomic E-state index is -0.965. The number of rotatable bonds is 5. The van der Waals surface area contributed by atoms with Gasteiger partial charge in [-0.05, 0) is 26.8 Å². The second-order valence-electron chi connectivity index (χ2n) is 5.29. The van der Waals surface area contributed by atoms with E-state index < -0.39 is 12.0 Å². The van der Waals surface area contributed by atoms with Gasteiger partial charge in [0.15, 0.2) is 0 Å². The van der Waals surface area contributed by atoms with Gasteiger partial charge in [0.25, 0.3) is 0 Å². The van der Waals surface area contributed by atoms with Crippen LogP contribution < -0.4 is 5.32 Å². The summed E-state index contributed by atoms with van der Waals surface area (Å²) in [6.45, 7) is 1.53. The van der Waals surface area contributed by atoms with E-state index in [0.717, 1.165) is 25.7 Å². The number of carbonyl (C=O) groups is 2. The zero-order chi connectivity index (χ0) is 13.8. The number of nitrogens with one attached hydrogen (secondary N) is 1. The summed E-state index contributed by atoms with van der Waals surface area (Å²) in [5, 5.41) is 12.2. The maximum Gasteiger partial charge on any atom is 0.326 e. The standard InChI is InChI=1S/C13H24N2O3/c1-10(12(17)18)15(3)11(16)9-13(14-2)7-5-4-6-8-13/h10,14H,4-9H2,1-3H3,(H,17,18). The zero-order valence-electron chi connectivity index (χ0n) is 11.5. The molecule has 1 aliphatic carbocycles. The molecule has 1 amide bonds. The maximum absolute atomic E-state index is 12.1. The first-order chi connectivity index (χ1) is 8.42. The molecule has 0 aromatic carbocycles. The Morgan fingerprint density at radius 2 is 1.89 bits per heavy atom. The summed E-state index contributed by atoms with van der Waals surface area (Å²) in [6.07, 6.45) is 5.85. The minimum Gasteiger partial charge on any atom is -0.480 e. The van der Waals surface area contributed by atoms with Gasteiger partial charge in [-0.15, -0.1) is 0 Å². The molecule has 0 saturated heterocycles. The molecule has 5 nitrogen and oxygen atoms in total. The molecule has 104 valence electrons. The third-order valence-electron chi connectivity index (χ3n) is 4.16. The van der Waals surface area contributed by atoms with Gasteiger partial charge in [-0.3, -0.25) is 4.79 Å². The molecule has 0 radical (unpaired) electrons. The van der Waals surface area contributed by atoms with Crippen molar-refractivity contribution in [1.82, 2.24) is 10.2 Å². The van der Waals surface area contributed by atoms with Gasteiger partial charge < -0.3 is 15.3 Å². The Bertz CT molecular complexity index is 311. The van der Waals surface area contributed by atoms with E-state index in [2.05, 4.69) is 5.32 Å². The Hall–Kier alpha value is -1.10. The molecule has 0 aliphatic heterocycles. The number of carboxylic acids is 1. The van der Waals surface area contributed by atoms with Crippen molar-refractivity contribution in [3.63, 3.8) is 0 Å². The monoisotopic (exact) mass is 256 g/mol. The summed E-state index contributed by atoms with van der Waals surface area (Å²) in [4.78, 5) is 24.4. The molecule has 1 rings (SSSR count). The molecule has 1 unspecified atom stereocenters. The summed E-state index contributed by atoms with van der Waals surface area (Å²) in [6, 6.07) is -0.769. The van der Waals surface area contributed by atoms with Crippen LogP contribution in [0.5, 0.6) is 0 Å². The van der Waals surface area contributed by atoms with E-state index in [9.17, 15) is 9.59 Å². The third kappa shape index (κ3) is 3.45. The molecule has 1 atom stereocenters. The lowest BCUT2D eigenvalue weighted by Crippen LogP contribution is -2.50. The summed E-state index contributed by atoms with van der Waals surface area (Å²) < 4.78 is 0. The van der Waals surface area contributed by atoms with Crippen LogP contribution in [-0.4, -0.2) is 47.6 Å². The first-order valence-electron chi connectivity index (χ1n) is 6.59. The molecule has 0 bridgehead atoms. The molecule has 0 aromatic heterocycles. The SMILES string of the molecule is CNC1(CC(=O)N(C)C(C)C(=O)O)CCCCC1. The number of hydrogen-bond acceptors (Lipinski definition) is 3. The van der Waals surface area contributed by atoms with E-state index in [4.69, 9.17) is 5.11 Å². The van der Waals surface area contributed by atoms with Gasteiger partial charge in [0, 0.05) is 19.0 Å². The quantitative estimate of drug-likeness (QED) is 0.776. The summed E-state index contributed by atoms with van der Waals surface area (Å²) in [5.74, 6) is -1.06. The zero-order valence-corrected chi connectivity index (χ0v) is 11.5. The van der Waals surface area contributed by atoms with Crippen molar-refractivity contribution in [2.45, 2.75) is 57.0 Å². The lowest BCUT2D eigenvalue weighted by Gasteiger charge is -2.38. The van der Waals surface area contributed by atoms with Crippen LogP contribution in [-0.2, 0) is 9.59 Å². The van der Waals surface area contributed by atoms with E-state index in [1.165, 1.54) is 18.2 Å². The summed E-state index contributed by atoms with van der Waals surface area (Å²) in [7, 11) is 3.45. The van der Waals surface area contributed by atoms with Crippen LogP contribution in [0.2, 0.25) is 0 Å². The Kier molecular flexibility index (Phi) is 5.14. The molecule has 0 spiro atoms. The van der Waals surface area contributed by atoms with Crippen molar-refractivity contribution < 1.29 is 14.7 Å². The lowest BCUT2D eigenvalue weighted by molar-refractivity contribution is -0.148. The van der Waals surface area contributed by atoms with Crippen molar-refractivity contribution in [2.75, 3.05) is 14.1 Å². The molecule has 1 aliphatic rings. The van der Waals surface area contributed by atoms with Gasteiger partial charge in [0.05, 0.1) is 0 Å². The first kappa shape index (κ1) is 15.0. The highest BCUT2D eigenvalue weighted by atomic mass is 16.4. The highest BCUT2D eigenvalue weighted by Crippen LogP contribution is 2.31. The average Bonchev–Trinajstić information content (AvgIpc) is 2.37. The van der Waals surface area contributed by atoms with Gasteiger partial charge in [0.1, 0.15) is 6.04 Å². The number of aliphatic carboxylic acids is 1. The van der Waals surface area contributed by atoms with Crippen LogP contribution in [0.25, 0.3) is 0 Å². The fourth-order valence-electron chi connectivity index (χ4n) is 2.54. The molecule has 0 heterocycles. The van der Waals surface area contributed by atoms with Gasteiger partial charge >= 0.3 is 5.97 Å². The normalized spacial score (nSPS) is 20.2. The molecular weight excluding hydrogens is 232 g/mol. The fraction of sp³-hybridized carbons (Fsp3) is 0.846. The highest BCUT2D eigenvalue weighted by molar-refractivity contribution is 5.83. The molecule has 18 heavy (non-hydrogen) atoms. The van der Waals surface area contributed by atoms with Crippen LogP contribution in [0.3, 0.4) is 0 Å². The number of hydrogen-bond donors (Lipinski definition) is 2. The highest BCUT2D eigenvalue weighted by Gasteiger charge is 2.34. The van der Waals surface area contributed by atoms with Gasteiger partial charge in [-0.2, -0.15) is 0 Å². The van der Waals surface area contributed by atoms with E-state index in [-0.39, 0.29) is 11.4 Å². The third-order valence-corrected chi connectivity index (χ3v) is 4.16. The molecule has 2 N–H and O–H groups in total. The smallest absolute Gasteiger partial charge is 0.326 e.